The molecular weight excluding hydrogens is 676 g/mol. The third-order valence-electron chi connectivity index (χ3n) is 9.21. The normalized spacial score (nSPS) is 14.2. The summed E-state index contributed by atoms with van der Waals surface area (Å²) in [4.78, 5) is 6.45. The lowest BCUT2D eigenvalue weighted by molar-refractivity contribution is 0.173. The van der Waals surface area contributed by atoms with E-state index in [1.807, 2.05) is 42.5 Å². The lowest BCUT2D eigenvalue weighted by Crippen LogP contribution is -2.24. The van der Waals surface area contributed by atoms with Crippen LogP contribution in [0, 0.1) is 25.2 Å². The summed E-state index contributed by atoms with van der Waals surface area (Å²) in [6.45, 7) is 8.95. The number of hydrogen-bond donors (Lipinski definition) is 2. The van der Waals surface area contributed by atoms with Crippen LogP contribution >= 0.6 is 11.6 Å². The van der Waals surface area contributed by atoms with Crippen LogP contribution in [0.15, 0.2) is 85.3 Å². The van der Waals surface area contributed by atoms with Crippen LogP contribution < -0.4 is 19.5 Å². The molecule has 268 valence electrons. The van der Waals surface area contributed by atoms with Gasteiger partial charge in [-0.15, -0.1) is 0 Å². The van der Waals surface area contributed by atoms with E-state index in [1.54, 1.807) is 18.5 Å². The highest BCUT2D eigenvalue weighted by atomic mass is 35.5. The first-order chi connectivity index (χ1) is 25.4. The van der Waals surface area contributed by atoms with Crippen molar-refractivity contribution in [3.8, 4) is 34.4 Å². The standard InChI is InChI=1S/C41H43ClN6O4/c1-28-32(7-3-9-36(28)37-10-4-11-39(29(37)2)50-16-6-14-48-15-12-35(49)25-48)27-52-41-19-40(51-26-31-17-30(20-43)21-44-22-31)33(18-38(41)42)23-45-24-34-8-5-13-46-47-34/h3-5,7-11,13,17-19,21-22,35,45,49H,6,12,14-16,23-27H2,1-2H3/t35-/m1/s1. The molecule has 0 saturated carbocycles. The van der Waals surface area contributed by atoms with E-state index < -0.39 is 0 Å². The highest BCUT2D eigenvalue weighted by Crippen LogP contribution is 2.36. The Bertz CT molecular complexity index is 2000. The lowest BCUT2D eigenvalue weighted by Gasteiger charge is -2.19. The quantitative estimate of drug-likeness (QED) is 0.103. The summed E-state index contributed by atoms with van der Waals surface area (Å²) in [7, 11) is 0. The van der Waals surface area contributed by atoms with E-state index in [9.17, 15) is 10.4 Å². The number of aliphatic hydroxyl groups is 1. The molecule has 0 spiro atoms. The average molecular weight is 719 g/mol. The first-order valence-electron chi connectivity index (χ1n) is 17.5. The smallest absolute Gasteiger partial charge is 0.142 e. The second kappa shape index (κ2) is 17.9. The van der Waals surface area contributed by atoms with Crippen molar-refractivity contribution in [1.29, 1.82) is 5.26 Å². The highest BCUT2D eigenvalue weighted by Gasteiger charge is 2.20. The van der Waals surface area contributed by atoms with Gasteiger partial charge >= 0.3 is 0 Å². The number of nitriles is 1. The molecule has 6 rings (SSSR count). The Morgan fingerprint density at radius 2 is 1.73 bits per heavy atom. The van der Waals surface area contributed by atoms with Gasteiger partial charge in [0.1, 0.15) is 36.5 Å². The number of aliphatic hydroxyl groups excluding tert-OH is 1. The topological polar surface area (TPSA) is 126 Å². The largest absolute Gasteiger partial charge is 0.493 e. The maximum atomic E-state index is 9.80. The van der Waals surface area contributed by atoms with E-state index >= 15 is 0 Å². The molecular formula is C41H43ClN6O4. The Morgan fingerprint density at radius 3 is 2.52 bits per heavy atom. The lowest BCUT2D eigenvalue weighted by atomic mass is 9.93. The number of rotatable bonds is 16. The van der Waals surface area contributed by atoms with Crippen molar-refractivity contribution in [3.63, 3.8) is 0 Å². The molecule has 0 aliphatic carbocycles. The fourth-order valence-electron chi connectivity index (χ4n) is 6.34. The molecule has 2 aromatic heterocycles. The van der Waals surface area contributed by atoms with Crippen molar-refractivity contribution in [2.24, 2.45) is 0 Å². The maximum Gasteiger partial charge on any atom is 0.142 e. The zero-order chi connectivity index (χ0) is 36.3. The summed E-state index contributed by atoms with van der Waals surface area (Å²) in [5.41, 5.74) is 8.35. The number of nitrogens with zero attached hydrogens (tertiary/aromatic N) is 5. The first kappa shape index (κ1) is 36.7. The second-order valence-corrected chi connectivity index (χ2v) is 13.4. The van der Waals surface area contributed by atoms with E-state index in [1.165, 1.54) is 6.20 Å². The zero-order valence-corrected chi connectivity index (χ0v) is 30.3. The van der Waals surface area contributed by atoms with Gasteiger partial charge < -0.3 is 29.5 Å². The van der Waals surface area contributed by atoms with Crippen molar-refractivity contribution in [2.45, 2.75) is 59.1 Å². The van der Waals surface area contributed by atoms with Crippen molar-refractivity contribution >= 4 is 11.6 Å². The number of halogens is 1. The van der Waals surface area contributed by atoms with Crippen LogP contribution in [0.1, 0.15) is 51.9 Å². The van der Waals surface area contributed by atoms with Gasteiger partial charge in [0.25, 0.3) is 0 Å². The van der Waals surface area contributed by atoms with Gasteiger partial charge in [0, 0.05) is 68.5 Å². The molecule has 0 radical (unpaired) electrons. The summed E-state index contributed by atoms with van der Waals surface area (Å²) >= 11 is 6.82. The number of nitrogens with one attached hydrogen (secondary N) is 1. The number of hydrogen-bond acceptors (Lipinski definition) is 10. The summed E-state index contributed by atoms with van der Waals surface area (Å²) in [5, 5.41) is 31.1. The van der Waals surface area contributed by atoms with E-state index in [-0.39, 0.29) is 12.7 Å². The molecule has 1 fully saturated rings. The van der Waals surface area contributed by atoms with Crippen molar-refractivity contribution in [3.05, 3.63) is 129 Å². The molecule has 1 aliphatic rings. The van der Waals surface area contributed by atoms with Gasteiger partial charge in [-0.25, -0.2) is 0 Å². The first-order valence-corrected chi connectivity index (χ1v) is 17.9. The summed E-state index contributed by atoms with van der Waals surface area (Å²) in [6, 6.07) is 23.7. The molecule has 1 aliphatic heterocycles. The molecule has 2 N–H and O–H groups in total. The number of ether oxygens (including phenoxy) is 3. The number of pyridine rings is 1. The minimum atomic E-state index is -0.203. The van der Waals surface area contributed by atoms with Gasteiger partial charge in [-0.3, -0.25) is 4.98 Å². The second-order valence-electron chi connectivity index (χ2n) is 12.9. The van der Waals surface area contributed by atoms with Gasteiger partial charge in [0.05, 0.1) is 29.0 Å². The van der Waals surface area contributed by atoms with Gasteiger partial charge in [-0.1, -0.05) is 41.9 Å². The molecule has 0 amide bonds. The van der Waals surface area contributed by atoms with E-state index in [0.29, 0.717) is 48.4 Å². The van der Waals surface area contributed by atoms with Gasteiger partial charge in [0.15, 0.2) is 0 Å². The van der Waals surface area contributed by atoms with Crippen molar-refractivity contribution in [2.75, 3.05) is 26.2 Å². The Balaban J connectivity index is 1.15. The molecule has 1 atom stereocenters. The molecule has 3 aromatic carbocycles. The number of β-amino-alcohol motifs (C(OH)–C–C–N with tert-alkyl or cyclic N) is 1. The molecule has 0 bridgehead atoms. The zero-order valence-electron chi connectivity index (χ0n) is 29.5. The molecule has 3 heterocycles. The fourth-order valence-corrected chi connectivity index (χ4v) is 6.58. The minimum absolute atomic E-state index is 0.203. The highest BCUT2D eigenvalue weighted by molar-refractivity contribution is 6.32. The summed E-state index contributed by atoms with van der Waals surface area (Å²) in [6.07, 6.45) is 6.40. The molecule has 0 unspecified atom stereocenters. The van der Waals surface area contributed by atoms with Gasteiger partial charge in [0.2, 0.25) is 0 Å². The maximum absolute atomic E-state index is 9.80. The molecule has 11 heteroatoms. The van der Waals surface area contributed by atoms with Crippen LogP contribution in [0.5, 0.6) is 17.2 Å². The number of benzene rings is 3. The predicted octanol–water partition coefficient (Wildman–Crippen LogP) is 6.96. The molecule has 1 saturated heterocycles. The third kappa shape index (κ3) is 9.63. The van der Waals surface area contributed by atoms with Crippen molar-refractivity contribution < 1.29 is 19.3 Å². The third-order valence-corrected chi connectivity index (χ3v) is 9.50. The van der Waals surface area contributed by atoms with Gasteiger partial charge in [-0.05, 0) is 84.8 Å². The molecule has 10 nitrogen and oxygen atoms in total. The fraction of sp³-hybridized carbons (Fsp3) is 0.317. The van der Waals surface area contributed by atoms with Crippen LogP contribution in [0.2, 0.25) is 5.02 Å². The Labute approximate surface area is 310 Å². The van der Waals surface area contributed by atoms with Crippen LogP contribution in [0.4, 0.5) is 0 Å². The van der Waals surface area contributed by atoms with Crippen LogP contribution in [-0.2, 0) is 26.3 Å². The monoisotopic (exact) mass is 718 g/mol. The predicted molar refractivity (Wildman–Crippen MR) is 200 cm³/mol. The van der Waals surface area contributed by atoms with E-state index in [4.69, 9.17) is 25.8 Å². The van der Waals surface area contributed by atoms with Crippen LogP contribution in [0.3, 0.4) is 0 Å². The minimum Gasteiger partial charge on any atom is -0.493 e. The van der Waals surface area contributed by atoms with E-state index in [2.05, 4.69) is 63.5 Å². The van der Waals surface area contributed by atoms with Crippen LogP contribution in [-0.4, -0.2) is 57.5 Å². The van der Waals surface area contributed by atoms with Crippen LogP contribution in [0.25, 0.3) is 11.1 Å². The SMILES string of the molecule is Cc1c(COc2cc(OCc3cncc(C#N)c3)c(CNCc3cccnn3)cc2Cl)cccc1-c1cccc(OCCCN2CC[C@@H](O)C2)c1C. The van der Waals surface area contributed by atoms with E-state index in [0.717, 1.165) is 82.9 Å². The number of likely N-dealkylation sites (tertiary alicyclic amines) is 1. The average Bonchev–Trinajstić information content (AvgIpc) is 3.58. The Morgan fingerprint density at radius 1 is 0.904 bits per heavy atom. The Kier molecular flexibility index (Phi) is 12.7. The summed E-state index contributed by atoms with van der Waals surface area (Å²) in [5.74, 6) is 1.98. The van der Waals surface area contributed by atoms with Crippen molar-refractivity contribution in [1.82, 2.24) is 25.4 Å². The van der Waals surface area contributed by atoms with Gasteiger partial charge in [-0.2, -0.15) is 15.5 Å². The number of aromatic nitrogens is 3. The Hall–Kier alpha value is -5.05. The molecule has 52 heavy (non-hydrogen) atoms. The molecule has 5 aromatic rings. The summed E-state index contributed by atoms with van der Waals surface area (Å²) < 4.78 is 18.9.